The summed E-state index contributed by atoms with van der Waals surface area (Å²) < 4.78 is 12.5. The van der Waals surface area contributed by atoms with Crippen molar-refractivity contribution in [1.29, 1.82) is 0 Å². The molecule has 1 aliphatic rings. The molecular formula is C24H28N6O3S. The zero-order chi connectivity index (χ0) is 23.7. The van der Waals surface area contributed by atoms with E-state index in [2.05, 4.69) is 20.4 Å². The van der Waals surface area contributed by atoms with Gasteiger partial charge in [0.1, 0.15) is 17.0 Å². The molecule has 10 heteroatoms. The number of ether oxygens (including phenoxy) is 2. The molecule has 5 rings (SSSR count). The summed E-state index contributed by atoms with van der Waals surface area (Å²) in [5.74, 6) is 1.63. The fraction of sp³-hybridized carbons (Fsp3) is 0.417. The van der Waals surface area contributed by atoms with E-state index in [0.29, 0.717) is 25.4 Å². The topological polar surface area (TPSA) is 93.9 Å². The Morgan fingerprint density at radius 2 is 2.24 bits per heavy atom. The predicted octanol–water partition coefficient (Wildman–Crippen LogP) is 3.69. The molecule has 0 aliphatic heterocycles. The number of rotatable bonds is 8. The normalized spacial score (nSPS) is 15.4. The minimum atomic E-state index is -0.00824. The summed E-state index contributed by atoms with van der Waals surface area (Å²) >= 11 is 1.66. The van der Waals surface area contributed by atoms with E-state index in [1.165, 1.54) is 10.4 Å². The standard InChI is InChI=1S/C24H28N6O3S/c1-4-29(9-10-32-2)24(31)15-5-6-17-20(11-15)34-23-21(17)22(25-14-26-23)28-18-12-16-7-8-27-30(16)13-19(18)33-3/h7-8,12-15H,4-6,9-11H2,1-3H3,(H,25,26,28)/t15-/m0/s1. The van der Waals surface area contributed by atoms with Crippen molar-refractivity contribution in [1.82, 2.24) is 24.5 Å². The summed E-state index contributed by atoms with van der Waals surface area (Å²) in [5, 5.41) is 8.78. The van der Waals surface area contributed by atoms with Crippen molar-refractivity contribution < 1.29 is 14.3 Å². The molecule has 178 valence electrons. The van der Waals surface area contributed by atoms with Crippen LogP contribution in [-0.2, 0) is 22.4 Å². The van der Waals surface area contributed by atoms with Gasteiger partial charge in [0.2, 0.25) is 5.91 Å². The second-order valence-electron chi connectivity index (χ2n) is 8.34. The molecule has 9 nitrogen and oxygen atoms in total. The number of hydrogen-bond acceptors (Lipinski definition) is 8. The van der Waals surface area contributed by atoms with Crippen LogP contribution in [0.2, 0.25) is 0 Å². The van der Waals surface area contributed by atoms with Gasteiger partial charge in [0.25, 0.3) is 0 Å². The van der Waals surface area contributed by atoms with Crippen molar-refractivity contribution in [3.05, 3.63) is 41.3 Å². The van der Waals surface area contributed by atoms with Gasteiger partial charge in [-0.05, 0) is 43.9 Å². The third-order valence-electron chi connectivity index (χ3n) is 6.42. The number of fused-ring (bicyclic) bond motifs is 4. The van der Waals surface area contributed by atoms with Crippen molar-refractivity contribution in [2.24, 2.45) is 5.92 Å². The molecule has 0 unspecified atom stereocenters. The van der Waals surface area contributed by atoms with Gasteiger partial charge in [-0.15, -0.1) is 11.3 Å². The van der Waals surface area contributed by atoms with E-state index in [1.807, 2.05) is 30.2 Å². The lowest BCUT2D eigenvalue weighted by molar-refractivity contribution is -0.136. The molecule has 34 heavy (non-hydrogen) atoms. The van der Waals surface area contributed by atoms with Crippen molar-refractivity contribution >= 4 is 44.5 Å². The summed E-state index contributed by atoms with van der Waals surface area (Å²) in [5.41, 5.74) is 3.02. The number of thiophene rings is 1. The molecule has 0 saturated carbocycles. The average Bonchev–Trinajstić information content (AvgIpc) is 3.47. The average molecular weight is 481 g/mol. The van der Waals surface area contributed by atoms with Crippen LogP contribution in [0.15, 0.2) is 30.9 Å². The minimum Gasteiger partial charge on any atom is -0.493 e. The maximum atomic E-state index is 13.1. The highest BCUT2D eigenvalue weighted by molar-refractivity contribution is 7.19. The lowest BCUT2D eigenvalue weighted by Crippen LogP contribution is -2.39. The van der Waals surface area contributed by atoms with E-state index in [9.17, 15) is 4.79 Å². The van der Waals surface area contributed by atoms with Crippen LogP contribution in [0.4, 0.5) is 11.5 Å². The van der Waals surface area contributed by atoms with Crippen LogP contribution in [0.5, 0.6) is 5.75 Å². The molecule has 0 saturated heterocycles. The lowest BCUT2D eigenvalue weighted by atomic mass is 9.87. The Morgan fingerprint density at radius 3 is 3.03 bits per heavy atom. The second kappa shape index (κ2) is 9.55. The van der Waals surface area contributed by atoms with Crippen LogP contribution < -0.4 is 10.1 Å². The largest absolute Gasteiger partial charge is 0.493 e. The van der Waals surface area contributed by atoms with E-state index in [-0.39, 0.29) is 11.8 Å². The van der Waals surface area contributed by atoms with Crippen LogP contribution in [0.1, 0.15) is 23.8 Å². The van der Waals surface area contributed by atoms with Crippen molar-refractivity contribution in [2.75, 3.05) is 39.2 Å². The highest BCUT2D eigenvalue weighted by atomic mass is 32.1. The maximum absolute atomic E-state index is 13.1. The summed E-state index contributed by atoms with van der Waals surface area (Å²) in [7, 11) is 3.31. The smallest absolute Gasteiger partial charge is 0.226 e. The number of likely N-dealkylation sites (N-methyl/N-ethyl adjacent to an activating group) is 1. The number of aromatic nitrogens is 4. The second-order valence-corrected chi connectivity index (χ2v) is 9.42. The molecule has 0 fully saturated rings. The van der Waals surface area contributed by atoms with Gasteiger partial charge >= 0.3 is 0 Å². The number of carbonyl (C=O) groups is 1. The van der Waals surface area contributed by atoms with Crippen LogP contribution in [0, 0.1) is 5.92 Å². The fourth-order valence-corrected chi connectivity index (χ4v) is 5.90. The zero-order valence-electron chi connectivity index (χ0n) is 19.6. The molecule has 4 aromatic rings. The SMILES string of the molecule is CCN(CCOC)C(=O)[C@H]1CCc2c(sc3ncnc(Nc4cc5ccnn5cc4OC)c23)C1. The first kappa shape index (κ1) is 22.5. The number of methoxy groups -OCH3 is 2. The van der Waals surface area contributed by atoms with Gasteiger partial charge in [-0.1, -0.05) is 0 Å². The molecule has 0 spiro atoms. The lowest BCUT2D eigenvalue weighted by Gasteiger charge is -2.28. The number of carbonyl (C=O) groups excluding carboxylic acids is 1. The van der Waals surface area contributed by atoms with E-state index < -0.39 is 0 Å². The number of pyridine rings is 1. The minimum absolute atomic E-state index is 0.00824. The summed E-state index contributed by atoms with van der Waals surface area (Å²) in [4.78, 5) is 26.3. The van der Waals surface area contributed by atoms with Gasteiger partial charge < -0.3 is 19.7 Å². The molecule has 4 heterocycles. The van der Waals surface area contributed by atoms with E-state index in [1.54, 1.807) is 42.6 Å². The van der Waals surface area contributed by atoms with Gasteiger partial charge in [-0.3, -0.25) is 4.79 Å². The molecule has 1 atom stereocenters. The fourth-order valence-electron chi connectivity index (χ4n) is 4.63. The zero-order valence-corrected chi connectivity index (χ0v) is 20.4. The van der Waals surface area contributed by atoms with Crippen LogP contribution in [0.3, 0.4) is 0 Å². The molecule has 0 radical (unpaired) electrons. The molecule has 0 bridgehead atoms. The Balaban J connectivity index is 1.45. The predicted molar refractivity (Wildman–Crippen MR) is 132 cm³/mol. The van der Waals surface area contributed by atoms with Gasteiger partial charge in [0.15, 0.2) is 5.75 Å². The third-order valence-corrected chi connectivity index (χ3v) is 7.59. The number of anilines is 2. The first-order chi connectivity index (χ1) is 16.6. The summed E-state index contributed by atoms with van der Waals surface area (Å²) in [6, 6.07) is 3.93. The quantitative estimate of drug-likeness (QED) is 0.411. The van der Waals surface area contributed by atoms with Gasteiger partial charge in [0.05, 0.1) is 36.5 Å². The van der Waals surface area contributed by atoms with E-state index in [4.69, 9.17) is 9.47 Å². The van der Waals surface area contributed by atoms with Crippen molar-refractivity contribution in [3.63, 3.8) is 0 Å². The molecule has 1 aliphatic carbocycles. The molecular weight excluding hydrogens is 452 g/mol. The Hall–Kier alpha value is -3.24. The summed E-state index contributed by atoms with van der Waals surface area (Å²) in [6.45, 7) is 3.90. The number of aryl methyl sites for hydroxylation is 1. The van der Waals surface area contributed by atoms with Crippen molar-refractivity contribution in [3.8, 4) is 5.75 Å². The highest BCUT2D eigenvalue weighted by Gasteiger charge is 2.31. The number of nitrogens with one attached hydrogen (secondary N) is 1. The number of amides is 1. The third kappa shape index (κ3) is 4.07. The Morgan fingerprint density at radius 1 is 1.35 bits per heavy atom. The van der Waals surface area contributed by atoms with E-state index >= 15 is 0 Å². The molecule has 4 aromatic heterocycles. The first-order valence-corrected chi connectivity index (χ1v) is 12.3. The van der Waals surface area contributed by atoms with Crippen LogP contribution in [0.25, 0.3) is 15.7 Å². The Bertz CT molecular complexity index is 1330. The maximum Gasteiger partial charge on any atom is 0.226 e. The van der Waals surface area contributed by atoms with Gasteiger partial charge in [-0.25, -0.2) is 14.5 Å². The molecule has 0 aromatic carbocycles. The number of hydrogen-bond donors (Lipinski definition) is 1. The Labute approximate surface area is 201 Å². The molecule has 1 amide bonds. The highest BCUT2D eigenvalue weighted by Crippen LogP contribution is 2.41. The number of nitrogens with zero attached hydrogens (tertiary/aromatic N) is 5. The molecule has 1 N–H and O–H groups in total. The van der Waals surface area contributed by atoms with Gasteiger partial charge in [-0.2, -0.15) is 5.10 Å². The monoisotopic (exact) mass is 480 g/mol. The van der Waals surface area contributed by atoms with Gasteiger partial charge in [0, 0.05) is 37.2 Å². The summed E-state index contributed by atoms with van der Waals surface area (Å²) in [6.07, 6.45) is 7.57. The van der Waals surface area contributed by atoms with Crippen LogP contribution in [-0.4, -0.2) is 64.3 Å². The first-order valence-electron chi connectivity index (χ1n) is 11.4. The van der Waals surface area contributed by atoms with Crippen LogP contribution >= 0.6 is 11.3 Å². The van der Waals surface area contributed by atoms with E-state index in [0.717, 1.165) is 46.5 Å². The van der Waals surface area contributed by atoms with Crippen molar-refractivity contribution in [2.45, 2.75) is 26.2 Å². The Kier molecular flexibility index (Phi) is 6.34.